The lowest BCUT2D eigenvalue weighted by Crippen LogP contribution is -1.75. The van der Waals surface area contributed by atoms with Gasteiger partial charge >= 0.3 is 0 Å². The van der Waals surface area contributed by atoms with E-state index in [1.165, 1.54) is 11.1 Å². The lowest BCUT2D eigenvalue weighted by Gasteiger charge is -2.00. The van der Waals surface area contributed by atoms with Gasteiger partial charge in [-0.3, -0.25) is 0 Å². The van der Waals surface area contributed by atoms with Crippen LogP contribution in [0.4, 0.5) is 0 Å². The van der Waals surface area contributed by atoms with Gasteiger partial charge in [0.25, 0.3) is 0 Å². The third kappa shape index (κ3) is 1.99. The van der Waals surface area contributed by atoms with Crippen LogP contribution in [0.1, 0.15) is 0 Å². The van der Waals surface area contributed by atoms with Gasteiger partial charge in [-0.05, 0) is 29.3 Å². The Bertz CT molecular complexity index is 376. The molecule has 13 heavy (non-hydrogen) atoms. The first kappa shape index (κ1) is 8.52. The van der Waals surface area contributed by atoms with Crippen LogP contribution in [0.5, 0.6) is 0 Å². The Morgan fingerprint density at radius 1 is 0.769 bits per heavy atom. The molecule has 1 heteroatoms. The molecule has 0 saturated carbocycles. The molecule has 2 aromatic carbocycles. The third-order valence-electron chi connectivity index (χ3n) is 1.90. The molecule has 0 bridgehead atoms. The summed E-state index contributed by atoms with van der Waals surface area (Å²) in [4.78, 5) is 0. The smallest absolute Gasteiger partial charge is 0.0175 e. The number of benzene rings is 2. The molecule has 2 rings (SSSR count). The van der Waals surface area contributed by atoms with E-state index in [-0.39, 0.29) is 0 Å². The molecule has 0 aliphatic heterocycles. The zero-order valence-corrected chi connectivity index (χ0v) is 8.58. The van der Waals surface area contributed by atoms with E-state index in [0.29, 0.717) is 0 Å². The Morgan fingerprint density at radius 2 is 1.31 bits per heavy atom. The van der Waals surface area contributed by atoms with E-state index in [1.807, 2.05) is 24.3 Å². The highest BCUT2D eigenvalue weighted by atomic mass is 79.9. The van der Waals surface area contributed by atoms with Crippen LogP contribution in [0.3, 0.4) is 0 Å². The van der Waals surface area contributed by atoms with Gasteiger partial charge in [0, 0.05) is 4.47 Å². The molecule has 2 aromatic rings. The molecule has 0 heterocycles. The van der Waals surface area contributed by atoms with Crippen LogP contribution in [0.2, 0.25) is 0 Å². The second-order valence-electron chi connectivity index (χ2n) is 2.80. The molecule has 1 radical (unpaired) electrons. The van der Waals surface area contributed by atoms with Crippen LogP contribution in [-0.4, -0.2) is 0 Å². The average molecular weight is 232 g/mol. The van der Waals surface area contributed by atoms with Crippen molar-refractivity contribution in [1.29, 1.82) is 0 Å². The fourth-order valence-corrected chi connectivity index (χ4v) is 1.49. The van der Waals surface area contributed by atoms with Crippen molar-refractivity contribution in [2.75, 3.05) is 0 Å². The van der Waals surface area contributed by atoms with Gasteiger partial charge < -0.3 is 0 Å². The van der Waals surface area contributed by atoms with E-state index in [2.05, 4.69) is 46.3 Å². The molecule has 0 N–H and O–H groups in total. The van der Waals surface area contributed by atoms with Gasteiger partial charge in [-0.25, -0.2) is 0 Å². The summed E-state index contributed by atoms with van der Waals surface area (Å²) in [5.41, 5.74) is 2.46. The van der Waals surface area contributed by atoms with Gasteiger partial charge in [0.1, 0.15) is 0 Å². The van der Waals surface area contributed by atoms with E-state index in [0.717, 1.165) is 4.47 Å². The molecule has 0 aromatic heterocycles. The first-order valence-corrected chi connectivity index (χ1v) is 4.87. The Morgan fingerprint density at radius 3 is 1.92 bits per heavy atom. The lowest BCUT2D eigenvalue weighted by molar-refractivity contribution is 1.59. The summed E-state index contributed by atoms with van der Waals surface area (Å²) < 4.78 is 1.11. The summed E-state index contributed by atoms with van der Waals surface area (Å²) in [6.07, 6.45) is 0. The van der Waals surface area contributed by atoms with Crippen LogP contribution in [0, 0.1) is 6.07 Å². The molecule has 0 aliphatic rings. The Balaban J connectivity index is 2.42. The molecule has 0 saturated heterocycles. The van der Waals surface area contributed by atoms with Crippen molar-refractivity contribution in [2.45, 2.75) is 0 Å². The van der Waals surface area contributed by atoms with Crippen LogP contribution in [-0.2, 0) is 0 Å². The second-order valence-corrected chi connectivity index (χ2v) is 3.71. The molecule has 0 spiro atoms. The highest BCUT2D eigenvalue weighted by Crippen LogP contribution is 2.20. The summed E-state index contributed by atoms with van der Waals surface area (Å²) in [7, 11) is 0. The van der Waals surface area contributed by atoms with Crippen LogP contribution >= 0.6 is 15.9 Å². The SMILES string of the molecule is Brc1ccc(-c2cc[c]cc2)cc1. The van der Waals surface area contributed by atoms with E-state index in [9.17, 15) is 0 Å². The molecule has 0 fully saturated rings. The minimum atomic E-state index is 1.11. The van der Waals surface area contributed by atoms with Crippen molar-refractivity contribution in [3.05, 3.63) is 59.1 Å². The van der Waals surface area contributed by atoms with Gasteiger partial charge in [-0.15, -0.1) is 0 Å². The predicted molar refractivity (Wildman–Crippen MR) is 58.4 cm³/mol. The van der Waals surface area contributed by atoms with Crippen molar-refractivity contribution >= 4 is 15.9 Å². The van der Waals surface area contributed by atoms with E-state index in [4.69, 9.17) is 0 Å². The number of rotatable bonds is 1. The normalized spacial score (nSPS) is 9.92. The Hall–Kier alpha value is -1.08. The van der Waals surface area contributed by atoms with Crippen molar-refractivity contribution in [3.8, 4) is 11.1 Å². The molecule has 0 nitrogen and oxygen atoms in total. The quantitative estimate of drug-likeness (QED) is 0.699. The van der Waals surface area contributed by atoms with Crippen LogP contribution < -0.4 is 0 Å². The van der Waals surface area contributed by atoms with Gasteiger partial charge in [-0.1, -0.05) is 52.3 Å². The number of hydrogen-bond acceptors (Lipinski definition) is 0. The summed E-state index contributed by atoms with van der Waals surface area (Å²) in [6.45, 7) is 0. The van der Waals surface area contributed by atoms with Gasteiger partial charge in [0.15, 0.2) is 0 Å². The first-order valence-electron chi connectivity index (χ1n) is 4.08. The maximum Gasteiger partial charge on any atom is 0.0175 e. The van der Waals surface area contributed by atoms with Crippen LogP contribution in [0.25, 0.3) is 11.1 Å². The maximum absolute atomic E-state index is 3.41. The zero-order chi connectivity index (χ0) is 9.10. The first-order chi connectivity index (χ1) is 6.36. The van der Waals surface area contributed by atoms with Crippen molar-refractivity contribution < 1.29 is 0 Å². The van der Waals surface area contributed by atoms with Crippen LogP contribution in [0.15, 0.2) is 53.0 Å². The Labute approximate surface area is 86.4 Å². The van der Waals surface area contributed by atoms with Gasteiger partial charge in [-0.2, -0.15) is 0 Å². The molecular formula is C12H8Br. The molecule has 0 unspecified atom stereocenters. The lowest BCUT2D eigenvalue weighted by atomic mass is 10.1. The molecule has 63 valence electrons. The molecule has 0 aliphatic carbocycles. The van der Waals surface area contributed by atoms with Crippen molar-refractivity contribution in [3.63, 3.8) is 0 Å². The van der Waals surface area contributed by atoms with Crippen molar-refractivity contribution in [1.82, 2.24) is 0 Å². The van der Waals surface area contributed by atoms with Gasteiger partial charge in [0.05, 0.1) is 0 Å². The summed E-state index contributed by atoms with van der Waals surface area (Å²) in [6, 6.07) is 19.3. The monoisotopic (exact) mass is 231 g/mol. The van der Waals surface area contributed by atoms with E-state index < -0.39 is 0 Å². The van der Waals surface area contributed by atoms with Crippen molar-refractivity contribution in [2.24, 2.45) is 0 Å². The van der Waals surface area contributed by atoms with E-state index >= 15 is 0 Å². The Kier molecular flexibility index (Phi) is 2.46. The minimum absolute atomic E-state index is 1.11. The zero-order valence-electron chi connectivity index (χ0n) is 7.00. The number of hydrogen-bond donors (Lipinski definition) is 0. The highest BCUT2D eigenvalue weighted by Gasteiger charge is 1.94. The average Bonchev–Trinajstić information content (AvgIpc) is 2.20. The maximum atomic E-state index is 3.41. The molecule has 0 atom stereocenters. The van der Waals surface area contributed by atoms with E-state index in [1.54, 1.807) is 0 Å². The fourth-order valence-electron chi connectivity index (χ4n) is 1.22. The molecular weight excluding hydrogens is 224 g/mol. The summed E-state index contributed by atoms with van der Waals surface area (Å²) >= 11 is 3.41. The summed E-state index contributed by atoms with van der Waals surface area (Å²) in [5.74, 6) is 0. The minimum Gasteiger partial charge on any atom is -0.0538 e. The number of halogens is 1. The fraction of sp³-hybridized carbons (Fsp3) is 0. The molecule has 0 amide bonds. The van der Waals surface area contributed by atoms with Gasteiger partial charge in [0.2, 0.25) is 0 Å². The topological polar surface area (TPSA) is 0 Å². The predicted octanol–water partition coefficient (Wildman–Crippen LogP) is 3.92. The second kappa shape index (κ2) is 3.75. The standard InChI is InChI=1S/C12H8Br/c13-12-8-6-11(7-9-12)10-4-2-1-3-5-10/h2-9H. The summed E-state index contributed by atoms with van der Waals surface area (Å²) in [5, 5.41) is 0. The largest absolute Gasteiger partial charge is 0.0538 e. The third-order valence-corrected chi connectivity index (χ3v) is 2.42. The highest BCUT2D eigenvalue weighted by molar-refractivity contribution is 9.10.